The van der Waals surface area contributed by atoms with Crippen molar-refractivity contribution >= 4 is 27.8 Å². The van der Waals surface area contributed by atoms with E-state index < -0.39 is 0 Å². The highest BCUT2D eigenvalue weighted by Crippen LogP contribution is 2.18. The van der Waals surface area contributed by atoms with Gasteiger partial charge in [0.15, 0.2) is 5.82 Å². The van der Waals surface area contributed by atoms with E-state index in [9.17, 15) is 4.79 Å². The van der Waals surface area contributed by atoms with Crippen LogP contribution in [0.4, 0.5) is 10.6 Å². The molecule has 2 aromatic rings. The number of carbonyl (C=O) groups excluding carboxylic acids is 1. The largest absolute Gasteiger partial charge is 0.323 e. The summed E-state index contributed by atoms with van der Waals surface area (Å²) in [6, 6.07) is 6.33. The highest BCUT2D eigenvalue weighted by atomic mass is 79.9. The van der Waals surface area contributed by atoms with Crippen molar-refractivity contribution in [1.82, 2.24) is 19.8 Å². The average molecular weight is 390 g/mol. The van der Waals surface area contributed by atoms with Crippen LogP contribution in [0.2, 0.25) is 0 Å². The second-order valence-corrected chi connectivity index (χ2v) is 6.72. The summed E-state index contributed by atoms with van der Waals surface area (Å²) in [4.78, 5) is 24.4. The third-order valence-electron chi connectivity index (χ3n) is 4.09. The molecule has 7 heteroatoms. The fraction of sp³-hybridized carbons (Fsp3) is 0.353. The van der Waals surface area contributed by atoms with E-state index in [1.54, 1.807) is 18.6 Å². The first-order chi connectivity index (χ1) is 11.6. The van der Waals surface area contributed by atoms with Gasteiger partial charge in [0, 0.05) is 49.6 Å². The monoisotopic (exact) mass is 389 g/mol. The van der Waals surface area contributed by atoms with Gasteiger partial charge in [-0.15, -0.1) is 0 Å². The standard InChI is InChI=1S/C17H20BrN5O/c1-13-10-14(2-3-15(13)18)12-22-6-8-23(9-7-22)17(24)21-16-11-19-4-5-20-16/h2-5,10-11H,6-9,12H2,1H3,(H,20,21,24). The Morgan fingerprint density at radius 3 is 2.71 bits per heavy atom. The number of nitrogens with one attached hydrogen (secondary N) is 1. The third kappa shape index (κ3) is 4.30. The molecule has 0 bridgehead atoms. The van der Waals surface area contributed by atoms with Gasteiger partial charge in [0.1, 0.15) is 0 Å². The van der Waals surface area contributed by atoms with Gasteiger partial charge in [-0.05, 0) is 24.1 Å². The van der Waals surface area contributed by atoms with Crippen molar-refractivity contribution in [3.05, 3.63) is 52.4 Å². The fourth-order valence-corrected chi connectivity index (χ4v) is 2.97. The lowest BCUT2D eigenvalue weighted by molar-refractivity contribution is 0.143. The summed E-state index contributed by atoms with van der Waals surface area (Å²) in [6.45, 7) is 6.16. The summed E-state index contributed by atoms with van der Waals surface area (Å²) in [6.07, 6.45) is 4.69. The maximum atomic E-state index is 12.2. The van der Waals surface area contributed by atoms with Gasteiger partial charge in [0.2, 0.25) is 0 Å². The Bertz CT molecular complexity index is 701. The molecule has 0 saturated carbocycles. The molecule has 0 aliphatic carbocycles. The Kier molecular flexibility index (Phi) is 5.42. The van der Waals surface area contributed by atoms with Crippen LogP contribution in [0.25, 0.3) is 0 Å². The van der Waals surface area contributed by atoms with E-state index in [1.165, 1.54) is 11.1 Å². The molecule has 3 rings (SSSR count). The molecule has 2 heterocycles. The molecule has 1 fully saturated rings. The van der Waals surface area contributed by atoms with Crippen LogP contribution in [0.3, 0.4) is 0 Å². The van der Waals surface area contributed by atoms with Crippen LogP contribution < -0.4 is 5.32 Å². The first kappa shape index (κ1) is 16.9. The van der Waals surface area contributed by atoms with Crippen LogP contribution in [0.5, 0.6) is 0 Å². The van der Waals surface area contributed by atoms with Gasteiger partial charge in [0.05, 0.1) is 6.20 Å². The molecule has 24 heavy (non-hydrogen) atoms. The molecule has 0 spiro atoms. The Balaban J connectivity index is 1.50. The van der Waals surface area contributed by atoms with E-state index in [0.29, 0.717) is 18.9 Å². The normalized spacial score (nSPS) is 15.3. The van der Waals surface area contributed by atoms with Crippen LogP contribution in [0, 0.1) is 6.92 Å². The summed E-state index contributed by atoms with van der Waals surface area (Å²) in [5, 5.41) is 2.78. The zero-order valence-electron chi connectivity index (χ0n) is 13.6. The Hall–Kier alpha value is -1.99. The van der Waals surface area contributed by atoms with E-state index in [2.05, 4.69) is 61.2 Å². The molecule has 1 aromatic heterocycles. The van der Waals surface area contributed by atoms with Crippen molar-refractivity contribution in [2.45, 2.75) is 13.5 Å². The van der Waals surface area contributed by atoms with Crippen LogP contribution in [0.1, 0.15) is 11.1 Å². The first-order valence-electron chi connectivity index (χ1n) is 7.91. The quantitative estimate of drug-likeness (QED) is 0.876. The van der Waals surface area contributed by atoms with E-state index in [4.69, 9.17) is 0 Å². The number of hydrogen-bond acceptors (Lipinski definition) is 4. The van der Waals surface area contributed by atoms with Crippen molar-refractivity contribution in [2.24, 2.45) is 0 Å². The number of halogens is 1. The minimum absolute atomic E-state index is 0.116. The average Bonchev–Trinajstić information content (AvgIpc) is 2.60. The first-order valence-corrected chi connectivity index (χ1v) is 8.70. The van der Waals surface area contributed by atoms with E-state index in [0.717, 1.165) is 24.1 Å². The molecule has 0 radical (unpaired) electrons. The van der Waals surface area contributed by atoms with Gasteiger partial charge in [-0.2, -0.15) is 0 Å². The number of piperazine rings is 1. The van der Waals surface area contributed by atoms with Crippen LogP contribution in [-0.4, -0.2) is 52.0 Å². The summed E-state index contributed by atoms with van der Waals surface area (Å²) in [7, 11) is 0. The molecule has 6 nitrogen and oxygen atoms in total. The number of amides is 2. The van der Waals surface area contributed by atoms with E-state index in [1.807, 2.05) is 4.90 Å². The van der Waals surface area contributed by atoms with Gasteiger partial charge in [-0.1, -0.05) is 28.1 Å². The molecule has 1 aromatic carbocycles. The molecule has 1 aliphatic rings. The van der Waals surface area contributed by atoms with Crippen LogP contribution in [0.15, 0.2) is 41.3 Å². The molecule has 1 aliphatic heterocycles. The van der Waals surface area contributed by atoms with Gasteiger partial charge in [-0.25, -0.2) is 9.78 Å². The number of urea groups is 1. The number of hydrogen-bond donors (Lipinski definition) is 1. The topological polar surface area (TPSA) is 61.4 Å². The molecular weight excluding hydrogens is 370 g/mol. The number of aryl methyl sites for hydroxylation is 1. The van der Waals surface area contributed by atoms with E-state index >= 15 is 0 Å². The maximum absolute atomic E-state index is 12.2. The molecule has 1 saturated heterocycles. The van der Waals surface area contributed by atoms with Crippen LogP contribution in [-0.2, 0) is 6.54 Å². The summed E-state index contributed by atoms with van der Waals surface area (Å²) < 4.78 is 1.14. The lowest BCUT2D eigenvalue weighted by Gasteiger charge is -2.34. The molecule has 2 amide bonds. The van der Waals surface area contributed by atoms with Crippen molar-refractivity contribution < 1.29 is 4.79 Å². The molecular formula is C17H20BrN5O. The zero-order chi connectivity index (χ0) is 16.9. The smallest absolute Gasteiger partial charge is 0.322 e. The zero-order valence-corrected chi connectivity index (χ0v) is 15.2. The Labute approximate surface area is 150 Å². The highest BCUT2D eigenvalue weighted by molar-refractivity contribution is 9.10. The predicted molar refractivity (Wildman–Crippen MR) is 96.8 cm³/mol. The van der Waals surface area contributed by atoms with E-state index in [-0.39, 0.29) is 6.03 Å². The fourth-order valence-electron chi connectivity index (χ4n) is 2.72. The number of benzene rings is 1. The second-order valence-electron chi connectivity index (χ2n) is 5.87. The maximum Gasteiger partial charge on any atom is 0.323 e. The SMILES string of the molecule is Cc1cc(CN2CCN(C(=O)Nc3cnccn3)CC2)ccc1Br. The predicted octanol–water partition coefficient (Wildman–Crippen LogP) is 2.90. The summed E-state index contributed by atoms with van der Waals surface area (Å²) in [5.41, 5.74) is 2.54. The van der Waals surface area contributed by atoms with Crippen molar-refractivity contribution in [1.29, 1.82) is 0 Å². The molecule has 0 atom stereocenters. The highest BCUT2D eigenvalue weighted by Gasteiger charge is 2.21. The van der Waals surface area contributed by atoms with Crippen molar-refractivity contribution in [3.63, 3.8) is 0 Å². The number of nitrogens with zero attached hydrogens (tertiary/aromatic N) is 4. The number of rotatable bonds is 3. The van der Waals surface area contributed by atoms with Gasteiger partial charge in [-0.3, -0.25) is 15.2 Å². The van der Waals surface area contributed by atoms with Crippen LogP contribution >= 0.6 is 15.9 Å². The van der Waals surface area contributed by atoms with Gasteiger partial charge < -0.3 is 4.90 Å². The Morgan fingerprint density at radius 1 is 1.25 bits per heavy atom. The van der Waals surface area contributed by atoms with Gasteiger partial charge in [0.25, 0.3) is 0 Å². The number of aromatic nitrogens is 2. The second kappa shape index (κ2) is 7.72. The molecule has 0 unspecified atom stereocenters. The minimum atomic E-state index is -0.116. The summed E-state index contributed by atoms with van der Waals surface area (Å²) in [5.74, 6) is 0.482. The molecule has 1 N–H and O–H groups in total. The van der Waals surface area contributed by atoms with Crippen molar-refractivity contribution in [3.8, 4) is 0 Å². The van der Waals surface area contributed by atoms with Gasteiger partial charge >= 0.3 is 6.03 Å². The lowest BCUT2D eigenvalue weighted by atomic mass is 10.1. The third-order valence-corrected chi connectivity index (χ3v) is 4.98. The number of anilines is 1. The van der Waals surface area contributed by atoms with Crippen molar-refractivity contribution in [2.75, 3.05) is 31.5 Å². The Morgan fingerprint density at radius 2 is 2.04 bits per heavy atom. The summed E-state index contributed by atoms with van der Waals surface area (Å²) >= 11 is 3.53. The minimum Gasteiger partial charge on any atom is -0.322 e. The lowest BCUT2D eigenvalue weighted by Crippen LogP contribution is -2.49. The number of carbonyl (C=O) groups is 1. The molecule has 126 valence electrons.